The van der Waals surface area contributed by atoms with E-state index in [1.54, 1.807) is 26.5 Å². The van der Waals surface area contributed by atoms with E-state index in [0.717, 1.165) is 47.7 Å². The van der Waals surface area contributed by atoms with Crippen LogP contribution in [-0.2, 0) is 0 Å². The maximum Gasteiger partial charge on any atom is 0.412 e. The van der Waals surface area contributed by atoms with Crippen LogP contribution in [0.25, 0.3) is 10.9 Å². The minimum atomic E-state index is -0.927. The average molecular weight is 467 g/mol. The van der Waals surface area contributed by atoms with Crippen molar-refractivity contribution in [2.45, 2.75) is 59.4 Å². The molecule has 0 radical (unpaired) electrons. The van der Waals surface area contributed by atoms with Gasteiger partial charge in [-0.1, -0.05) is 26.7 Å². The van der Waals surface area contributed by atoms with Gasteiger partial charge in [0.2, 0.25) is 0 Å². The smallest absolute Gasteiger partial charge is 0.412 e. The monoisotopic (exact) mass is 466 g/mol. The summed E-state index contributed by atoms with van der Waals surface area (Å²) in [6.45, 7) is 8.07. The van der Waals surface area contributed by atoms with Gasteiger partial charge in [0.05, 0.1) is 25.4 Å². The zero-order chi connectivity index (χ0) is 24.8. The minimum Gasteiger partial charge on any atom is -0.493 e. The molecule has 1 N–H and O–H groups in total. The molecule has 1 amide bonds. The number of nitrogens with zero attached hydrogens (tertiary/aromatic N) is 2. The first-order valence-electron chi connectivity index (χ1n) is 11.7. The van der Waals surface area contributed by atoms with E-state index in [4.69, 9.17) is 14.2 Å². The van der Waals surface area contributed by atoms with Gasteiger partial charge in [0.25, 0.3) is 0 Å². The van der Waals surface area contributed by atoms with E-state index >= 15 is 0 Å². The fraction of sp³-hybridized carbons (Fsp3) is 0.407. The minimum absolute atomic E-state index is 0.0519. The lowest BCUT2D eigenvalue weighted by Crippen LogP contribution is -2.40. The maximum atomic E-state index is 12.3. The molecular formula is C27H34N2O5. The molecule has 0 aliphatic rings. The van der Waals surface area contributed by atoms with Crippen molar-refractivity contribution >= 4 is 22.7 Å². The second-order valence-electron chi connectivity index (χ2n) is 8.35. The largest absolute Gasteiger partial charge is 0.493 e. The lowest BCUT2D eigenvalue weighted by atomic mass is 10.0. The molecule has 3 aromatic rings. The SMILES string of the molecule is CCCC(CCC)N(C(=O)O)c1ccc(Oc2ccnc3cc(OC)c(OC)cc23)c(C)c1C. The fourth-order valence-corrected chi connectivity index (χ4v) is 4.33. The number of aromatic nitrogens is 1. The third-order valence-corrected chi connectivity index (χ3v) is 6.21. The van der Waals surface area contributed by atoms with Crippen LogP contribution in [-0.4, -0.2) is 36.4 Å². The van der Waals surface area contributed by atoms with Crippen molar-refractivity contribution in [2.24, 2.45) is 0 Å². The van der Waals surface area contributed by atoms with Gasteiger partial charge < -0.3 is 19.3 Å². The van der Waals surface area contributed by atoms with Gasteiger partial charge in [0, 0.05) is 23.7 Å². The number of pyridine rings is 1. The van der Waals surface area contributed by atoms with Crippen LogP contribution in [0.5, 0.6) is 23.0 Å². The molecule has 1 heterocycles. The van der Waals surface area contributed by atoms with Gasteiger partial charge in [-0.25, -0.2) is 4.79 Å². The number of methoxy groups -OCH3 is 2. The Balaban J connectivity index is 2.03. The Morgan fingerprint density at radius 1 is 0.941 bits per heavy atom. The molecule has 1 aromatic heterocycles. The number of hydrogen-bond donors (Lipinski definition) is 1. The predicted octanol–water partition coefficient (Wildman–Crippen LogP) is 7.11. The fourth-order valence-electron chi connectivity index (χ4n) is 4.33. The Bertz CT molecular complexity index is 1160. The molecule has 0 fully saturated rings. The van der Waals surface area contributed by atoms with Crippen LogP contribution < -0.4 is 19.1 Å². The van der Waals surface area contributed by atoms with E-state index in [9.17, 15) is 9.90 Å². The molecule has 7 heteroatoms. The highest BCUT2D eigenvalue weighted by molar-refractivity contribution is 5.89. The Labute approximate surface area is 201 Å². The summed E-state index contributed by atoms with van der Waals surface area (Å²) in [5, 5.41) is 10.8. The Morgan fingerprint density at radius 3 is 2.18 bits per heavy atom. The van der Waals surface area contributed by atoms with Crippen molar-refractivity contribution in [3.05, 3.63) is 47.7 Å². The second-order valence-corrected chi connectivity index (χ2v) is 8.35. The number of amides is 1. The summed E-state index contributed by atoms with van der Waals surface area (Å²) in [5.74, 6) is 2.48. The summed E-state index contributed by atoms with van der Waals surface area (Å²) in [4.78, 5) is 18.2. The lowest BCUT2D eigenvalue weighted by molar-refractivity contribution is 0.197. The topological polar surface area (TPSA) is 81.1 Å². The molecule has 3 rings (SSSR count). The highest BCUT2D eigenvalue weighted by Crippen LogP contribution is 2.39. The van der Waals surface area contributed by atoms with Gasteiger partial charge in [0.15, 0.2) is 11.5 Å². The Hall–Kier alpha value is -3.48. The van der Waals surface area contributed by atoms with Crippen LogP contribution in [0.4, 0.5) is 10.5 Å². The van der Waals surface area contributed by atoms with Gasteiger partial charge in [-0.3, -0.25) is 9.88 Å². The number of hydrogen-bond acceptors (Lipinski definition) is 5. The first-order chi connectivity index (χ1) is 16.4. The zero-order valence-corrected chi connectivity index (χ0v) is 20.8. The number of ether oxygens (including phenoxy) is 3. The van der Waals surface area contributed by atoms with Crippen LogP contribution in [0, 0.1) is 13.8 Å². The average Bonchev–Trinajstić information content (AvgIpc) is 2.82. The van der Waals surface area contributed by atoms with E-state index in [0.29, 0.717) is 28.7 Å². The number of rotatable bonds is 10. The quantitative estimate of drug-likeness (QED) is 0.343. The molecule has 2 aromatic carbocycles. The number of fused-ring (bicyclic) bond motifs is 1. The van der Waals surface area contributed by atoms with Crippen molar-refractivity contribution in [3.63, 3.8) is 0 Å². The summed E-state index contributed by atoms with van der Waals surface area (Å²) in [7, 11) is 3.18. The first-order valence-corrected chi connectivity index (χ1v) is 11.7. The van der Waals surface area contributed by atoms with E-state index in [1.807, 2.05) is 38.1 Å². The molecule has 0 aliphatic heterocycles. The number of carboxylic acid groups (broad SMARTS) is 1. The van der Waals surface area contributed by atoms with Gasteiger partial charge in [-0.15, -0.1) is 0 Å². The molecular weight excluding hydrogens is 432 g/mol. The van der Waals surface area contributed by atoms with Crippen LogP contribution in [0.1, 0.15) is 50.7 Å². The highest BCUT2D eigenvalue weighted by Gasteiger charge is 2.26. The summed E-state index contributed by atoms with van der Waals surface area (Å²) in [5.41, 5.74) is 3.20. The molecule has 7 nitrogen and oxygen atoms in total. The number of anilines is 1. The Morgan fingerprint density at radius 2 is 1.59 bits per heavy atom. The number of carbonyl (C=O) groups is 1. The summed E-state index contributed by atoms with van der Waals surface area (Å²) >= 11 is 0. The van der Waals surface area contributed by atoms with Crippen LogP contribution in [0.2, 0.25) is 0 Å². The Kier molecular flexibility index (Phi) is 8.21. The molecule has 0 aliphatic carbocycles. The molecule has 0 atom stereocenters. The number of benzene rings is 2. The summed E-state index contributed by atoms with van der Waals surface area (Å²) < 4.78 is 17.2. The van der Waals surface area contributed by atoms with E-state index < -0.39 is 6.09 Å². The van der Waals surface area contributed by atoms with Gasteiger partial charge in [0.1, 0.15) is 11.5 Å². The predicted molar refractivity (Wildman–Crippen MR) is 135 cm³/mol. The molecule has 0 saturated carbocycles. The van der Waals surface area contributed by atoms with Crippen molar-refractivity contribution in [1.82, 2.24) is 4.98 Å². The molecule has 0 saturated heterocycles. The standard InChI is InChI=1S/C27H34N2O5/c1-7-9-19(10-8-2)29(27(30)31)22-11-12-23(18(4)17(22)3)34-24-13-14-28-21-16-26(33-6)25(32-5)15-20(21)24/h11-16,19H,7-10H2,1-6H3,(H,30,31). The van der Waals surface area contributed by atoms with Crippen LogP contribution >= 0.6 is 0 Å². The molecule has 0 bridgehead atoms. The molecule has 34 heavy (non-hydrogen) atoms. The van der Waals surface area contributed by atoms with Gasteiger partial charge in [-0.2, -0.15) is 0 Å². The maximum absolute atomic E-state index is 12.3. The van der Waals surface area contributed by atoms with Crippen LogP contribution in [0.3, 0.4) is 0 Å². The highest BCUT2D eigenvalue weighted by atomic mass is 16.5. The van der Waals surface area contributed by atoms with E-state index in [-0.39, 0.29) is 6.04 Å². The molecule has 0 unspecified atom stereocenters. The lowest BCUT2D eigenvalue weighted by Gasteiger charge is -2.31. The normalized spacial score (nSPS) is 11.0. The summed E-state index contributed by atoms with van der Waals surface area (Å²) in [6.07, 6.45) is 4.26. The van der Waals surface area contributed by atoms with E-state index in [1.165, 1.54) is 4.90 Å². The van der Waals surface area contributed by atoms with Crippen LogP contribution in [0.15, 0.2) is 36.5 Å². The van der Waals surface area contributed by atoms with Crippen molar-refractivity contribution in [1.29, 1.82) is 0 Å². The zero-order valence-electron chi connectivity index (χ0n) is 20.8. The van der Waals surface area contributed by atoms with Crippen molar-refractivity contribution in [3.8, 4) is 23.0 Å². The molecule has 0 spiro atoms. The van der Waals surface area contributed by atoms with E-state index in [2.05, 4.69) is 18.8 Å². The van der Waals surface area contributed by atoms with Gasteiger partial charge >= 0.3 is 6.09 Å². The first kappa shape index (κ1) is 25.1. The third-order valence-electron chi connectivity index (χ3n) is 6.21. The van der Waals surface area contributed by atoms with Crippen molar-refractivity contribution < 1.29 is 24.1 Å². The van der Waals surface area contributed by atoms with Crippen molar-refractivity contribution in [2.75, 3.05) is 19.1 Å². The molecule has 182 valence electrons. The van der Waals surface area contributed by atoms with Gasteiger partial charge in [-0.05, 0) is 62.1 Å². The third kappa shape index (κ3) is 5.03. The second kappa shape index (κ2) is 11.1. The summed E-state index contributed by atoms with van der Waals surface area (Å²) in [6, 6.07) is 9.10.